The Hall–Kier alpha value is -2.22. The number of benzene rings is 2. The number of thioether (sulfide) groups is 2. The highest BCUT2D eigenvalue weighted by molar-refractivity contribution is 7.99. The lowest BCUT2D eigenvalue weighted by Gasteiger charge is -2.09. The predicted octanol–water partition coefficient (Wildman–Crippen LogP) is 5.59. The first kappa shape index (κ1) is 22.5. The van der Waals surface area contributed by atoms with Gasteiger partial charge in [-0.15, -0.1) is 28.5 Å². The van der Waals surface area contributed by atoms with Crippen LogP contribution in [0.4, 0.5) is 5.69 Å². The number of nitrogens with zero attached hydrogens (tertiary/aromatic N) is 3. The van der Waals surface area contributed by atoms with Gasteiger partial charge in [-0.2, -0.15) is 0 Å². The van der Waals surface area contributed by atoms with Crippen LogP contribution in [0.2, 0.25) is 5.02 Å². The molecule has 5 nitrogen and oxygen atoms in total. The van der Waals surface area contributed by atoms with E-state index in [0.717, 1.165) is 38.8 Å². The number of para-hydroxylation sites is 1. The highest BCUT2D eigenvalue weighted by atomic mass is 35.5. The molecule has 0 spiro atoms. The van der Waals surface area contributed by atoms with Crippen molar-refractivity contribution in [1.29, 1.82) is 0 Å². The standard InChI is InChI=1S/C22H23ClN4OS2/c1-3-12-27-20(14-29-13-17-8-10-18(23)11-9-17)25-26-22(27)30-15-21(28)24-19-7-5-4-6-16(19)2/h3-11H,1,12-15H2,2H3,(H,24,28). The Morgan fingerprint density at radius 1 is 1.17 bits per heavy atom. The van der Waals surface area contributed by atoms with Crippen LogP contribution >= 0.6 is 35.1 Å². The van der Waals surface area contributed by atoms with E-state index < -0.39 is 0 Å². The van der Waals surface area contributed by atoms with Gasteiger partial charge in [0.1, 0.15) is 5.82 Å². The average molecular weight is 459 g/mol. The van der Waals surface area contributed by atoms with Crippen LogP contribution in [0.1, 0.15) is 17.0 Å². The number of amides is 1. The number of aryl methyl sites for hydroxylation is 1. The minimum absolute atomic E-state index is 0.0684. The fourth-order valence-corrected chi connectivity index (χ4v) is 4.53. The van der Waals surface area contributed by atoms with Gasteiger partial charge in [0.25, 0.3) is 0 Å². The largest absolute Gasteiger partial charge is 0.325 e. The first-order valence-electron chi connectivity index (χ1n) is 9.40. The third kappa shape index (κ3) is 6.39. The zero-order chi connectivity index (χ0) is 21.3. The maximum Gasteiger partial charge on any atom is 0.234 e. The molecule has 30 heavy (non-hydrogen) atoms. The summed E-state index contributed by atoms with van der Waals surface area (Å²) in [7, 11) is 0. The van der Waals surface area contributed by atoms with Gasteiger partial charge in [-0.25, -0.2) is 0 Å². The minimum Gasteiger partial charge on any atom is -0.325 e. The van der Waals surface area contributed by atoms with Crippen LogP contribution in [0.25, 0.3) is 0 Å². The number of nitrogens with one attached hydrogen (secondary N) is 1. The Morgan fingerprint density at radius 3 is 2.67 bits per heavy atom. The quantitative estimate of drug-likeness (QED) is 0.317. The third-order valence-electron chi connectivity index (χ3n) is 4.27. The normalized spacial score (nSPS) is 10.7. The molecule has 0 aliphatic rings. The van der Waals surface area contributed by atoms with Crippen molar-refractivity contribution in [3.05, 3.63) is 83.2 Å². The van der Waals surface area contributed by atoms with Crippen molar-refractivity contribution >= 4 is 46.7 Å². The molecular formula is C22H23ClN4OS2. The molecule has 0 radical (unpaired) electrons. The van der Waals surface area contributed by atoms with E-state index >= 15 is 0 Å². The lowest BCUT2D eigenvalue weighted by atomic mass is 10.2. The van der Waals surface area contributed by atoms with Crippen LogP contribution < -0.4 is 5.32 Å². The summed E-state index contributed by atoms with van der Waals surface area (Å²) in [5, 5.41) is 13.0. The Kier molecular flexibility index (Phi) is 8.42. The van der Waals surface area contributed by atoms with Crippen LogP contribution in [0.5, 0.6) is 0 Å². The molecule has 3 aromatic rings. The summed E-state index contributed by atoms with van der Waals surface area (Å²) in [4.78, 5) is 12.3. The summed E-state index contributed by atoms with van der Waals surface area (Å²) >= 11 is 9.07. The van der Waals surface area contributed by atoms with E-state index in [1.807, 2.05) is 66.1 Å². The molecule has 1 N–H and O–H groups in total. The summed E-state index contributed by atoms with van der Waals surface area (Å²) in [6, 6.07) is 15.6. The number of anilines is 1. The van der Waals surface area contributed by atoms with Gasteiger partial charge in [-0.3, -0.25) is 4.79 Å². The number of allylic oxidation sites excluding steroid dienone is 1. The monoisotopic (exact) mass is 458 g/mol. The molecule has 3 rings (SSSR count). The summed E-state index contributed by atoms with van der Waals surface area (Å²) in [5.74, 6) is 2.65. The molecule has 0 unspecified atom stereocenters. The zero-order valence-corrected chi connectivity index (χ0v) is 19.1. The molecular weight excluding hydrogens is 436 g/mol. The van der Waals surface area contributed by atoms with Gasteiger partial charge in [-0.1, -0.05) is 59.8 Å². The van der Waals surface area contributed by atoms with Crippen LogP contribution in [-0.2, 0) is 22.8 Å². The van der Waals surface area contributed by atoms with E-state index in [0.29, 0.717) is 6.54 Å². The van der Waals surface area contributed by atoms with E-state index in [-0.39, 0.29) is 11.7 Å². The zero-order valence-electron chi connectivity index (χ0n) is 16.7. The topological polar surface area (TPSA) is 59.8 Å². The predicted molar refractivity (Wildman–Crippen MR) is 127 cm³/mol. The summed E-state index contributed by atoms with van der Waals surface area (Å²) < 4.78 is 2.01. The molecule has 1 amide bonds. The number of rotatable bonds is 10. The van der Waals surface area contributed by atoms with Crippen molar-refractivity contribution in [3.63, 3.8) is 0 Å². The fourth-order valence-electron chi connectivity index (χ4n) is 2.72. The number of hydrogen-bond acceptors (Lipinski definition) is 5. The van der Waals surface area contributed by atoms with Crippen LogP contribution in [0.15, 0.2) is 66.3 Å². The van der Waals surface area contributed by atoms with Gasteiger partial charge in [0.2, 0.25) is 5.91 Å². The van der Waals surface area contributed by atoms with E-state index in [1.54, 1.807) is 11.8 Å². The minimum atomic E-state index is -0.0684. The molecule has 0 aliphatic carbocycles. The van der Waals surface area contributed by atoms with Crippen molar-refractivity contribution < 1.29 is 4.79 Å². The van der Waals surface area contributed by atoms with E-state index in [2.05, 4.69) is 22.1 Å². The second-order valence-corrected chi connectivity index (χ2v) is 8.93. The molecule has 8 heteroatoms. The highest BCUT2D eigenvalue weighted by Gasteiger charge is 2.14. The Balaban J connectivity index is 1.56. The lowest BCUT2D eigenvalue weighted by Crippen LogP contribution is -2.15. The molecule has 0 aliphatic heterocycles. The lowest BCUT2D eigenvalue weighted by molar-refractivity contribution is -0.113. The molecule has 2 aromatic carbocycles. The maximum absolute atomic E-state index is 12.3. The van der Waals surface area contributed by atoms with Crippen molar-refractivity contribution in [2.24, 2.45) is 0 Å². The number of carbonyl (C=O) groups excluding carboxylic acids is 1. The molecule has 0 bridgehead atoms. The van der Waals surface area contributed by atoms with Gasteiger partial charge in [0.15, 0.2) is 5.16 Å². The Bertz CT molecular complexity index is 1000. The van der Waals surface area contributed by atoms with E-state index in [1.165, 1.54) is 17.3 Å². The molecule has 0 saturated heterocycles. The first-order valence-corrected chi connectivity index (χ1v) is 11.9. The van der Waals surface area contributed by atoms with Crippen LogP contribution in [-0.4, -0.2) is 26.4 Å². The third-order valence-corrected chi connectivity index (χ3v) is 6.49. The van der Waals surface area contributed by atoms with Gasteiger partial charge in [0.05, 0.1) is 11.5 Å². The average Bonchev–Trinajstić information content (AvgIpc) is 3.12. The van der Waals surface area contributed by atoms with Crippen LogP contribution in [0, 0.1) is 6.92 Å². The molecule has 1 heterocycles. The van der Waals surface area contributed by atoms with Crippen molar-refractivity contribution in [1.82, 2.24) is 14.8 Å². The van der Waals surface area contributed by atoms with Gasteiger partial charge >= 0.3 is 0 Å². The number of carbonyl (C=O) groups is 1. The smallest absolute Gasteiger partial charge is 0.234 e. The second-order valence-electron chi connectivity index (χ2n) is 6.57. The van der Waals surface area contributed by atoms with Gasteiger partial charge in [-0.05, 0) is 36.2 Å². The number of aromatic nitrogens is 3. The molecule has 156 valence electrons. The maximum atomic E-state index is 12.3. The SMILES string of the molecule is C=CCn1c(CSCc2ccc(Cl)cc2)nnc1SCC(=O)Nc1ccccc1C. The van der Waals surface area contributed by atoms with Crippen molar-refractivity contribution in [2.45, 2.75) is 30.1 Å². The van der Waals surface area contributed by atoms with Gasteiger partial charge in [0, 0.05) is 23.0 Å². The number of halogens is 1. The number of hydrogen-bond donors (Lipinski definition) is 1. The summed E-state index contributed by atoms with van der Waals surface area (Å²) in [6.07, 6.45) is 1.81. The summed E-state index contributed by atoms with van der Waals surface area (Å²) in [5.41, 5.74) is 3.07. The van der Waals surface area contributed by atoms with E-state index in [9.17, 15) is 4.79 Å². The summed E-state index contributed by atoms with van der Waals surface area (Å²) in [6.45, 7) is 6.40. The fraction of sp³-hybridized carbons (Fsp3) is 0.227. The van der Waals surface area contributed by atoms with Crippen molar-refractivity contribution in [3.8, 4) is 0 Å². The van der Waals surface area contributed by atoms with Crippen LogP contribution in [0.3, 0.4) is 0 Å². The Labute approximate surface area is 190 Å². The molecule has 1 aromatic heterocycles. The Morgan fingerprint density at radius 2 is 1.93 bits per heavy atom. The molecule has 0 fully saturated rings. The molecule has 0 saturated carbocycles. The van der Waals surface area contributed by atoms with Gasteiger partial charge < -0.3 is 9.88 Å². The first-order chi connectivity index (χ1) is 14.6. The molecule has 0 atom stereocenters. The van der Waals surface area contributed by atoms with E-state index in [4.69, 9.17) is 11.6 Å². The second kappa shape index (κ2) is 11.2. The van der Waals surface area contributed by atoms with Crippen molar-refractivity contribution in [2.75, 3.05) is 11.1 Å². The highest BCUT2D eigenvalue weighted by Crippen LogP contribution is 2.23.